The van der Waals surface area contributed by atoms with Gasteiger partial charge in [0.2, 0.25) is 5.91 Å². The molecule has 3 rings (SSSR count). The zero-order chi connectivity index (χ0) is 17.8. The van der Waals surface area contributed by atoms with Gasteiger partial charge >= 0.3 is 0 Å². The number of nitrogens with zero attached hydrogens (tertiary/aromatic N) is 3. The van der Waals surface area contributed by atoms with Gasteiger partial charge in [0.05, 0.1) is 12.1 Å². The van der Waals surface area contributed by atoms with Crippen LogP contribution < -0.4 is 5.56 Å². The lowest BCUT2D eigenvalue weighted by Crippen LogP contribution is -2.40. The summed E-state index contributed by atoms with van der Waals surface area (Å²) in [7, 11) is 1.58. The fourth-order valence-electron chi connectivity index (χ4n) is 3.25. The predicted octanol–water partition coefficient (Wildman–Crippen LogP) is 1.94. The Bertz CT molecular complexity index is 793. The second-order valence-electron chi connectivity index (χ2n) is 6.62. The summed E-state index contributed by atoms with van der Waals surface area (Å²) in [6.07, 6.45) is 3.04. The molecule has 0 N–H and O–H groups in total. The maximum absolute atomic E-state index is 13.0. The molecule has 1 saturated heterocycles. The van der Waals surface area contributed by atoms with E-state index in [1.807, 2.05) is 17.0 Å². The van der Waals surface area contributed by atoms with Gasteiger partial charge in [-0.05, 0) is 48.9 Å². The molecule has 6 heteroatoms. The van der Waals surface area contributed by atoms with E-state index in [0.29, 0.717) is 11.6 Å². The van der Waals surface area contributed by atoms with Crippen molar-refractivity contribution in [2.75, 3.05) is 13.1 Å². The first-order valence-electron chi connectivity index (χ1n) is 8.57. The molecule has 1 amide bonds. The summed E-state index contributed by atoms with van der Waals surface area (Å²) in [6, 6.07) is 9.70. The molecule has 132 valence electrons. The molecule has 1 fully saturated rings. The molecular weight excluding hydrogens is 321 g/mol. The van der Waals surface area contributed by atoms with Crippen molar-refractivity contribution >= 4 is 5.91 Å². The molecule has 0 bridgehead atoms. The number of aromatic nitrogens is 2. The van der Waals surface area contributed by atoms with Crippen LogP contribution in [0, 0.1) is 11.7 Å². The van der Waals surface area contributed by atoms with Crippen LogP contribution in [0.1, 0.15) is 24.1 Å². The van der Waals surface area contributed by atoms with E-state index in [0.717, 1.165) is 37.9 Å². The van der Waals surface area contributed by atoms with Crippen molar-refractivity contribution in [3.8, 4) is 0 Å². The van der Waals surface area contributed by atoms with E-state index < -0.39 is 0 Å². The number of carbonyl (C=O) groups excluding carboxylic acids is 1. The summed E-state index contributed by atoms with van der Waals surface area (Å²) in [5.74, 6) is 0.354. The van der Waals surface area contributed by atoms with Crippen LogP contribution in [-0.4, -0.2) is 33.7 Å². The molecule has 0 radical (unpaired) electrons. The van der Waals surface area contributed by atoms with Gasteiger partial charge in [0.25, 0.3) is 5.56 Å². The first-order chi connectivity index (χ1) is 12.0. The molecule has 0 atom stereocenters. The average molecular weight is 343 g/mol. The predicted molar refractivity (Wildman–Crippen MR) is 92.6 cm³/mol. The van der Waals surface area contributed by atoms with E-state index >= 15 is 0 Å². The summed E-state index contributed by atoms with van der Waals surface area (Å²) >= 11 is 0. The number of rotatable bonds is 4. The minimum Gasteiger partial charge on any atom is -0.342 e. The Morgan fingerprint density at radius 2 is 1.84 bits per heavy atom. The molecule has 2 aromatic rings. The van der Waals surface area contributed by atoms with Crippen LogP contribution in [0.4, 0.5) is 4.39 Å². The number of piperidine rings is 1. The molecule has 1 aromatic carbocycles. The lowest BCUT2D eigenvalue weighted by molar-refractivity contribution is -0.131. The fraction of sp³-hybridized carbons (Fsp3) is 0.421. The van der Waals surface area contributed by atoms with Crippen molar-refractivity contribution in [3.63, 3.8) is 0 Å². The Morgan fingerprint density at radius 3 is 2.48 bits per heavy atom. The molecule has 0 aliphatic carbocycles. The number of halogens is 1. The van der Waals surface area contributed by atoms with Crippen LogP contribution in [0.5, 0.6) is 0 Å². The number of hydrogen-bond acceptors (Lipinski definition) is 3. The average Bonchev–Trinajstić information content (AvgIpc) is 2.61. The third kappa shape index (κ3) is 4.53. The molecule has 1 aliphatic rings. The highest BCUT2D eigenvalue weighted by Crippen LogP contribution is 2.22. The Balaban J connectivity index is 1.51. The Hall–Kier alpha value is -2.50. The summed E-state index contributed by atoms with van der Waals surface area (Å²) < 4.78 is 14.2. The van der Waals surface area contributed by atoms with Gasteiger partial charge in [-0.25, -0.2) is 9.07 Å². The molecule has 5 nitrogen and oxygen atoms in total. The summed E-state index contributed by atoms with van der Waals surface area (Å²) in [6.45, 7) is 1.47. The number of amides is 1. The van der Waals surface area contributed by atoms with Crippen molar-refractivity contribution < 1.29 is 9.18 Å². The zero-order valence-corrected chi connectivity index (χ0v) is 14.3. The lowest BCUT2D eigenvalue weighted by atomic mass is 9.90. The van der Waals surface area contributed by atoms with Gasteiger partial charge in [0.15, 0.2) is 0 Å². The SMILES string of the molecule is Cn1nc(CC(=O)N2CCC(Cc3ccc(F)cc3)CC2)ccc1=O. The number of benzene rings is 1. The van der Waals surface area contributed by atoms with E-state index in [-0.39, 0.29) is 23.7 Å². The van der Waals surface area contributed by atoms with Gasteiger partial charge in [-0.15, -0.1) is 0 Å². The highest BCUT2D eigenvalue weighted by molar-refractivity contribution is 5.78. The van der Waals surface area contributed by atoms with Crippen LogP contribution in [0.3, 0.4) is 0 Å². The largest absolute Gasteiger partial charge is 0.342 e. The number of likely N-dealkylation sites (tertiary alicyclic amines) is 1. The number of carbonyl (C=O) groups is 1. The maximum atomic E-state index is 13.0. The third-order valence-electron chi connectivity index (χ3n) is 4.75. The van der Waals surface area contributed by atoms with Gasteiger partial charge in [0, 0.05) is 26.2 Å². The Morgan fingerprint density at radius 1 is 1.16 bits per heavy atom. The molecule has 0 saturated carbocycles. The van der Waals surface area contributed by atoms with Crippen molar-refractivity contribution in [1.29, 1.82) is 0 Å². The van der Waals surface area contributed by atoms with Crippen molar-refractivity contribution in [2.45, 2.75) is 25.7 Å². The van der Waals surface area contributed by atoms with E-state index in [1.165, 1.54) is 22.9 Å². The molecule has 0 spiro atoms. The van der Waals surface area contributed by atoms with Crippen LogP contribution in [-0.2, 0) is 24.7 Å². The number of hydrogen-bond donors (Lipinski definition) is 0. The van der Waals surface area contributed by atoms with Crippen LogP contribution in [0.25, 0.3) is 0 Å². The second kappa shape index (κ2) is 7.59. The fourth-order valence-corrected chi connectivity index (χ4v) is 3.25. The van der Waals surface area contributed by atoms with Crippen LogP contribution in [0.15, 0.2) is 41.2 Å². The normalized spacial score (nSPS) is 15.4. The molecule has 0 unspecified atom stereocenters. The topological polar surface area (TPSA) is 55.2 Å². The quantitative estimate of drug-likeness (QED) is 0.853. The van der Waals surface area contributed by atoms with Gasteiger partial charge < -0.3 is 4.90 Å². The molecule has 1 aromatic heterocycles. The highest BCUT2D eigenvalue weighted by atomic mass is 19.1. The Kier molecular flexibility index (Phi) is 5.26. The standard InChI is InChI=1S/C19H22FN3O2/c1-22-18(24)7-6-17(21-22)13-19(25)23-10-8-15(9-11-23)12-14-2-4-16(20)5-3-14/h2-7,15H,8-13H2,1H3. The third-order valence-corrected chi connectivity index (χ3v) is 4.75. The van der Waals surface area contributed by atoms with E-state index in [9.17, 15) is 14.0 Å². The maximum Gasteiger partial charge on any atom is 0.266 e. The molecule has 25 heavy (non-hydrogen) atoms. The smallest absolute Gasteiger partial charge is 0.266 e. The number of aryl methyl sites for hydroxylation is 1. The molecule has 1 aliphatic heterocycles. The van der Waals surface area contributed by atoms with Crippen molar-refractivity contribution in [1.82, 2.24) is 14.7 Å². The van der Waals surface area contributed by atoms with Gasteiger partial charge in [-0.3, -0.25) is 9.59 Å². The van der Waals surface area contributed by atoms with Crippen molar-refractivity contribution in [3.05, 3.63) is 63.8 Å². The van der Waals surface area contributed by atoms with E-state index in [1.54, 1.807) is 13.1 Å². The first kappa shape index (κ1) is 17.3. The van der Waals surface area contributed by atoms with Crippen molar-refractivity contribution in [2.24, 2.45) is 13.0 Å². The molecular formula is C19H22FN3O2. The highest BCUT2D eigenvalue weighted by Gasteiger charge is 2.23. The van der Waals surface area contributed by atoms with Crippen LogP contribution >= 0.6 is 0 Å². The van der Waals surface area contributed by atoms with Gasteiger partial charge in [-0.1, -0.05) is 12.1 Å². The summed E-state index contributed by atoms with van der Waals surface area (Å²) in [5, 5.41) is 4.11. The lowest BCUT2D eigenvalue weighted by Gasteiger charge is -2.32. The minimum atomic E-state index is -0.212. The first-order valence-corrected chi connectivity index (χ1v) is 8.57. The van der Waals surface area contributed by atoms with Crippen LogP contribution in [0.2, 0.25) is 0 Å². The summed E-state index contributed by atoms with van der Waals surface area (Å²) in [4.78, 5) is 25.6. The van der Waals surface area contributed by atoms with E-state index in [4.69, 9.17) is 0 Å². The Labute approximate surface area is 146 Å². The molecule has 2 heterocycles. The monoisotopic (exact) mass is 343 g/mol. The second-order valence-corrected chi connectivity index (χ2v) is 6.62. The van der Waals surface area contributed by atoms with Gasteiger partial charge in [-0.2, -0.15) is 5.10 Å². The van der Waals surface area contributed by atoms with E-state index in [2.05, 4.69) is 5.10 Å². The summed E-state index contributed by atoms with van der Waals surface area (Å²) in [5.41, 5.74) is 1.57. The zero-order valence-electron chi connectivity index (χ0n) is 14.3. The minimum absolute atomic E-state index is 0.0476. The van der Waals surface area contributed by atoms with Gasteiger partial charge in [0.1, 0.15) is 5.82 Å².